The summed E-state index contributed by atoms with van der Waals surface area (Å²) in [5.74, 6) is -1.11. The number of halogens is 2. The molecule has 2 fully saturated rings. The van der Waals surface area contributed by atoms with E-state index < -0.39 is 11.6 Å². The summed E-state index contributed by atoms with van der Waals surface area (Å²) in [6, 6.07) is 3.73. The quantitative estimate of drug-likeness (QED) is 0.895. The molecule has 1 aromatic rings. The monoisotopic (exact) mass is 294 g/mol. The molecular weight excluding hydrogens is 274 g/mol. The summed E-state index contributed by atoms with van der Waals surface area (Å²) in [6.45, 7) is 0.522. The minimum Gasteiger partial charge on any atom is -0.352 e. The standard InChI is InChI=1S/C16H20F2N2O/c17-12-5-2-6-13(18)15(12)11-7-14(11)20-16(21)10-4-1-3-9(10)8-19/h2,5-6,9-11,14H,1,3-4,7-8,19H2,(H,20,21)/t9-,10-,11?,14?/m1/s1. The predicted octanol–water partition coefficient (Wildman–Crippen LogP) is 2.31. The molecule has 2 unspecified atom stereocenters. The van der Waals surface area contributed by atoms with Crippen LogP contribution in [-0.4, -0.2) is 18.5 Å². The van der Waals surface area contributed by atoms with Crippen molar-refractivity contribution in [3.8, 4) is 0 Å². The molecule has 3 nitrogen and oxygen atoms in total. The van der Waals surface area contributed by atoms with E-state index in [9.17, 15) is 13.6 Å². The smallest absolute Gasteiger partial charge is 0.223 e. The number of hydrogen-bond acceptors (Lipinski definition) is 2. The van der Waals surface area contributed by atoms with E-state index in [0.717, 1.165) is 19.3 Å². The van der Waals surface area contributed by atoms with E-state index in [1.807, 2.05) is 0 Å². The van der Waals surface area contributed by atoms with Crippen molar-refractivity contribution in [1.82, 2.24) is 5.32 Å². The first-order chi connectivity index (χ1) is 10.1. The number of rotatable bonds is 4. The Morgan fingerprint density at radius 1 is 1.29 bits per heavy atom. The van der Waals surface area contributed by atoms with Gasteiger partial charge in [-0.15, -0.1) is 0 Å². The molecular formula is C16H20F2N2O. The molecule has 0 spiro atoms. The van der Waals surface area contributed by atoms with Crippen molar-refractivity contribution in [2.45, 2.75) is 37.6 Å². The average molecular weight is 294 g/mol. The lowest BCUT2D eigenvalue weighted by Crippen LogP contribution is -2.36. The fourth-order valence-electron chi connectivity index (χ4n) is 3.49. The maximum absolute atomic E-state index is 13.7. The first-order valence-corrected chi connectivity index (χ1v) is 7.56. The number of nitrogens with one attached hydrogen (secondary N) is 1. The molecule has 21 heavy (non-hydrogen) atoms. The van der Waals surface area contributed by atoms with Crippen molar-refractivity contribution in [3.63, 3.8) is 0 Å². The van der Waals surface area contributed by atoms with Crippen LogP contribution in [0.1, 0.15) is 37.2 Å². The number of nitrogens with two attached hydrogens (primary N) is 1. The molecule has 0 aliphatic heterocycles. The number of hydrogen-bond donors (Lipinski definition) is 2. The van der Waals surface area contributed by atoms with Crippen LogP contribution in [0.5, 0.6) is 0 Å². The van der Waals surface area contributed by atoms with Crippen molar-refractivity contribution < 1.29 is 13.6 Å². The largest absolute Gasteiger partial charge is 0.352 e. The fourth-order valence-corrected chi connectivity index (χ4v) is 3.49. The molecule has 0 saturated heterocycles. The van der Waals surface area contributed by atoms with E-state index in [-0.39, 0.29) is 35.3 Å². The molecule has 0 radical (unpaired) electrons. The molecule has 2 aliphatic carbocycles. The van der Waals surface area contributed by atoms with Crippen molar-refractivity contribution in [2.24, 2.45) is 17.6 Å². The Balaban J connectivity index is 1.62. The highest BCUT2D eigenvalue weighted by Crippen LogP contribution is 2.43. The van der Waals surface area contributed by atoms with Crippen LogP contribution < -0.4 is 11.1 Å². The van der Waals surface area contributed by atoms with Gasteiger partial charge in [-0.25, -0.2) is 8.78 Å². The van der Waals surface area contributed by atoms with Crippen LogP contribution in [0, 0.1) is 23.5 Å². The van der Waals surface area contributed by atoms with Gasteiger partial charge in [-0.05, 0) is 43.9 Å². The molecule has 2 saturated carbocycles. The Labute approximate surface area is 122 Å². The molecule has 3 rings (SSSR count). The van der Waals surface area contributed by atoms with Crippen molar-refractivity contribution in [3.05, 3.63) is 35.4 Å². The summed E-state index contributed by atoms with van der Waals surface area (Å²) in [5.41, 5.74) is 5.79. The highest BCUT2D eigenvalue weighted by Gasteiger charge is 2.44. The Bertz CT molecular complexity index is 529. The molecule has 1 amide bonds. The second-order valence-electron chi connectivity index (χ2n) is 6.13. The maximum atomic E-state index is 13.7. The Kier molecular flexibility index (Phi) is 3.93. The topological polar surface area (TPSA) is 55.1 Å². The lowest BCUT2D eigenvalue weighted by Gasteiger charge is -2.17. The molecule has 1 aromatic carbocycles. The first kappa shape index (κ1) is 14.4. The summed E-state index contributed by atoms with van der Waals surface area (Å²) in [4.78, 5) is 12.3. The van der Waals surface area contributed by atoms with Crippen molar-refractivity contribution >= 4 is 5.91 Å². The molecule has 0 bridgehead atoms. The average Bonchev–Trinajstić information content (AvgIpc) is 3.03. The number of benzene rings is 1. The van der Waals surface area contributed by atoms with Gasteiger partial charge in [-0.1, -0.05) is 12.5 Å². The normalized spacial score (nSPS) is 31.2. The van der Waals surface area contributed by atoms with Gasteiger partial charge in [0.25, 0.3) is 0 Å². The molecule has 2 aliphatic rings. The van der Waals surface area contributed by atoms with Gasteiger partial charge in [0.05, 0.1) is 0 Å². The van der Waals surface area contributed by atoms with Gasteiger partial charge in [-0.3, -0.25) is 4.79 Å². The second-order valence-corrected chi connectivity index (χ2v) is 6.13. The van der Waals surface area contributed by atoms with Gasteiger partial charge in [0, 0.05) is 23.4 Å². The predicted molar refractivity (Wildman–Crippen MR) is 75.5 cm³/mol. The minimum absolute atomic E-state index is 0.00722. The van der Waals surface area contributed by atoms with Crippen molar-refractivity contribution in [1.29, 1.82) is 0 Å². The third-order valence-corrected chi connectivity index (χ3v) is 4.79. The van der Waals surface area contributed by atoms with Crippen molar-refractivity contribution in [2.75, 3.05) is 6.54 Å². The summed E-state index contributed by atoms with van der Waals surface area (Å²) >= 11 is 0. The zero-order valence-corrected chi connectivity index (χ0v) is 11.8. The zero-order chi connectivity index (χ0) is 15.0. The minimum atomic E-state index is -0.530. The molecule has 3 N–H and O–H groups in total. The summed E-state index contributed by atoms with van der Waals surface area (Å²) in [7, 11) is 0. The number of carbonyl (C=O) groups excluding carboxylic acids is 1. The molecule has 0 aromatic heterocycles. The van der Waals surface area contributed by atoms with Gasteiger partial charge in [0.2, 0.25) is 5.91 Å². The maximum Gasteiger partial charge on any atom is 0.223 e. The number of amides is 1. The molecule has 0 heterocycles. The number of carbonyl (C=O) groups is 1. The van der Waals surface area contributed by atoms with Crippen LogP contribution in [0.25, 0.3) is 0 Å². The van der Waals surface area contributed by atoms with E-state index in [2.05, 4.69) is 5.32 Å². The summed E-state index contributed by atoms with van der Waals surface area (Å²) < 4.78 is 27.4. The summed E-state index contributed by atoms with van der Waals surface area (Å²) in [6.07, 6.45) is 3.48. The van der Waals surface area contributed by atoms with Crippen LogP contribution in [0.15, 0.2) is 18.2 Å². The molecule has 5 heteroatoms. The summed E-state index contributed by atoms with van der Waals surface area (Å²) in [5, 5.41) is 2.94. The third kappa shape index (κ3) is 2.79. The molecule has 114 valence electrons. The lowest BCUT2D eigenvalue weighted by atomic mass is 9.95. The SMILES string of the molecule is NC[C@H]1CCC[C@H]1C(=O)NC1CC1c1c(F)cccc1F. The highest BCUT2D eigenvalue weighted by molar-refractivity contribution is 5.80. The third-order valence-electron chi connectivity index (χ3n) is 4.79. The van der Waals surface area contributed by atoms with Crippen LogP contribution >= 0.6 is 0 Å². The van der Waals surface area contributed by atoms with Gasteiger partial charge in [0.1, 0.15) is 11.6 Å². The fraction of sp³-hybridized carbons (Fsp3) is 0.562. The van der Waals surface area contributed by atoms with E-state index in [0.29, 0.717) is 13.0 Å². The van der Waals surface area contributed by atoms with Gasteiger partial charge >= 0.3 is 0 Å². The van der Waals surface area contributed by atoms with Crippen LogP contribution in [0.3, 0.4) is 0 Å². The second kappa shape index (κ2) is 5.72. The Morgan fingerprint density at radius 3 is 2.67 bits per heavy atom. The molecule has 4 atom stereocenters. The van der Waals surface area contributed by atoms with E-state index >= 15 is 0 Å². The van der Waals surface area contributed by atoms with Gasteiger partial charge < -0.3 is 11.1 Å². The van der Waals surface area contributed by atoms with E-state index in [1.165, 1.54) is 18.2 Å². The van der Waals surface area contributed by atoms with Gasteiger partial charge in [-0.2, -0.15) is 0 Å². The van der Waals surface area contributed by atoms with E-state index in [4.69, 9.17) is 5.73 Å². The highest BCUT2D eigenvalue weighted by atomic mass is 19.1. The van der Waals surface area contributed by atoms with E-state index in [1.54, 1.807) is 0 Å². The lowest BCUT2D eigenvalue weighted by molar-refractivity contribution is -0.126. The Hall–Kier alpha value is -1.49. The zero-order valence-electron chi connectivity index (χ0n) is 11.8. The first-order valence-electron chi connectivity index (χ1n) is 7.56. The van der Waals surface area contributed by atoms with Crippen LogP contribution in [-0.2, 0) is 4.79 Å². The Morgan fingerprint density at radius 2 is 2.00 bits per heavy atom. The van der Waals surface area contributed by atoms with Crippen LogP contribution in [0.4, 0.5) is 8.78 Å². The van der Waals surface area contributed by atoms with Crippen LogP contribution in [0.2, 0.25) is 0 Å². The van der Waals surface area contributed by atoms with Gasteiger partial charge in [0.15, 0.2) is 0 Å².